The maximum atomic E-state index is 4.02. The molecule has 2 aromatic heterocycles. The number of imidazole rings is 1. The Bertz CT molecular complexity index is 408. The van der Waals surface area contributed by atoms with E-state index in [0.29, 0.717) is 0 Å². The van der Waals surface area contributed by atoms with Gasteiger partial charge in [-0.2, -0.15) is 0 Å². The highest BCUT2D eigenvalue weighted by Crippen LogP contribution is 2.03. The number of hydrogen-bond donors (Lipinski definition) is 1. The summed E-state index contributed by atoms with van der Waals surface area (Å²) in [6.45, 7) is 6.19. The van der Waals surface area contributed by atoms with Crippen LogP contribution in [0.25, 0.3) is 0 Å². The van der Waals surface area contributed by atoms with Crippen molar-refractivity contribution >= 4 is 0 Å². The fraction of sp³-hybridized carbons (Fsp3) is 0.417. The Balaban J connectivity index is 1.76. The molecule has 16 heavy (non-hydrogen) atoms. The first kappa shape index (κ1) is 10.8. The summed E-state index contributed by atoms with van der Waals surface area (Å²) in [6, 6.07) is 4.25. The molecule has 0 radical (unpaired) electrons. The van der Waals surface area contributed by atoms with Crippen LogP contribution in [0.15, 0.2) is 30.9 Å². The molecular formula is C12H18N4. The van der Waals surface area contributed by atoms with Gasteiger partial charge in [0.15, 0.2) is 0 Å². The van der Waals surface area contributed by atoms with E-state index in [4.69, 9.17) is 0 Å². The van der Waals surface area contributed by atoms with Gasteiger partial charge in [0, 0.05) is 36.9 Å². The van der Waals surface area contributed by atoms with Crippen molar-refractivity contribution in [1.82, 2.24) is 14.2 Å². The largest absolute Gasteiger partial charge is 0.337 e. The Labute approximate surface area is 95.9 Å². The minimum absolute atomic E-state index is 0.967. The van der Waals surface area contributed by atoms with E-state index in [1.807, 2.05) is 18.7 Å². The van der Waals surface area contributed by atoms with Gasteiger partial charge in [0.2, 0.25) is 0 Å². The third-order valence-corrected chi connectivity index (χ3v) is 2.69. The SMILES string of the molecule is Cc1ccc(C)n1NCCCn1ccnc1. The summed E-state index contributed by atoms with van der Waals surface area (Å²) in [5.74, 6) is 0. The molecule has 0 aliphatic carbocycles. The van der Waals surface area contributed by atoms with E-state index in [0.717, 1.165) is 19.5 Å². The van der Waals surface area contributed by atoms with Crippen molar-refractivity contribution in [1.29, 1.82) is 0 Å². The molecule has 0 aliphatic heterocycles. The van der Waals surface area contributed by atoms with Crippen molar-refractivity contribution in [3.05, 3.63) is 42.2 Å². The lowest BCUT2D eigenvalue weighted by Crippen LogP contribution is -2.19. The van der Waals surface area contributed by atoms with Crippen LogP contribution in [0, 0.1) is 13.8 Å². The molecule has 2 heterocycles. The Morgan fingerprint density at radius 3 is 2.62 bits per heavy atom. The van der Waals surface area contributed by atoms with Crippen molar-refractivity contribution < 1.29 is 0 Å². The fourth-order valence-corrected chi connectivity index (χ4v) is 1.79. The normalized spacial score (nSPS) is 10.6. The molecule has 0 amide bonds. The lowest BCUT2D eigenvalue weighted by Gasteiger charge is -2.12. The highest BCUT2D eigenvalue weighted by Gasteiger charge is 1.98. The predicted molar refractivity (Wildman–Crippen MR) is 65.0 cm³/mol. The molecule has 0 atom stereocenters. The molecule has 0 spiro atoms. The first-order valence-electron chi connectivity index (χ1n) is 5.62. The smallest absolute Gasteiger partial charge is 0.0945 e. The predicted octanol–water partition coefficient (Wildman–Crippen LogP) is 1.94. The maximum absolute atomic E-state index is 4.02. The van der Waals surface area contributed by atoms with E-state index in [9.17, 15) is 0 Å². The van der Waals surface area contributed by atoms with Crippen LogP contribution >= 0.6 is 0 Å². The molecule has 0 bridgehead atoms. The quantitative estimate of drug-likeness (QED) is 0.778. The summed E-state index contributed by atoms with van der Waals surface area (Å²) in [5.41, 5.74) is 5.91. The van der Waals surface area contributed by atoms with Crippen molar-refractivity contribution in [3.8, 4) is 0 Å². The fourth-order valence-electron chi connectivity index (χ4n) is 1.79. The zero-order valence-electron chi connectivity index (χ0n) is 9.85. The molecule has 0 unspecified atom stereocenters. The first-order valence-corrected chi connectivity index (χ1v) is 5.62. The Morgan fingerprint density at radius 2 is 2.00 bits per heavy atom. The minimum Gasteiger partial charge on any atom is -0.337 e. The molecule has 2 aromatic rings. The van der Waals surface area contributed by atoms with E-state index >= 15 is 0 Å². The second-order valence-corrected chi connectivity index (χ2v) is 4.01. The third kappa shape index (κ3) is 2.45. The van der Waals surface area contributed by atoms with Crippen molar-refractivity contribution in [2.45, 2.75) is 26.8 Å². The molecule has 86 valence electrons. The zero-order chi connectivity index (χ0) is 11.4. The van der Waals surface area contributed by atoms with Crippen LogP contribution in [0.1, 0.15) is 17.8 Å². The van der Waals surface area contributed by atoms with Crippen LogP contribution in [0.5, 0.6) is 0 Å². The van der Waals surface area contributed by atoms with Gasteiger partial charge in [0.25, 0.3) is 0 Å². The highest BCUT2D eigenvalue weighted by molar-refractivity contribution is 5.15. The van der Waals surface area contributed by atoms with Gasteiger partial charge < -0.3 is 9.99 Å². The molecular weight excluding hydrogens is 200 g/mol. The minimum atomic E-state index is 0.967. The summed E-state index contributed by atoms with van der Waals surface area (Å²) in [4.78, 5) is 4.02. The molecule has 1 N–H and O–H groups in total. The Hall–Kier alpha value is -1.71. The summed E-state index contributed by atoms with van der Waals surface area (Å²) in [5, 5.41) is 0. The van der Waals surface area contributed by atoms with Crippen LogP contribution in [0.2, 0.25) is 0 Å². The van der Waals surface area contributed by atoms with Gasteiger partial charge in [-0.3, -0.25) is 4.68 Å². The molecule has 0 fully saturated rings. The van der Waals surface area contributed by atoms with Gasteiger partial charge in [0.05, 0.1) is 6.33 Å². The molecule has 4 heteroatoms. The second kappa shape index (κ2) is 4.88. The number of nitrogens with zero attached hydrogens (tertiary/aromatic N) is 3. The number of nitrogens with one attached hydrogen (secondary N) is 1. The molecule has 0 saturated carbocycles. The van der Waals surface area contributed by atoms with Crippen LogP contribution in [-0.4, -0.2) is 20.8 Å². The highest BCUT2D eigenvalue weighted by atomic mass is 15.4. The average molecular weight is 218 g/mol. The molecule has 2 rings (SSSR count). The van der Waals surface area contributed by atoms with E-state index in [-0.39, 0.29) is 0 Å². The number of rotatable bonds is 5. The van der Waals surface area contributed by atoms with Gasteiger partial charge in [0.1, 0.15) is 0 Å². The van der Waals surface area contributed by atoms with Crippen LogP contribution in [0.3, 0.4) is 0 Å². The third-order valence-electron chi connectivity index (χ3n) is 2.69. The summed E-state index contributed by atoms with van der Waals surface area (Å²) < 4.78 is 4.23. The Kier molecular flexibility index (Phi) is 3.29. The summed E-state index contributed by atoms with van der Waals surface area (Å²) in [6.07, 6.45) is 6.75. The van der Waals surface area contributed by atoms with Crippen LogP contribution in [0.4, 0.5) is 0 Å². The standard InChI is InChI=1S/C12H18N4/c1-11-4-5-12(2)16(11)14-6-3-8-15-9-7-13-10-15/h4-5,7,9-10,14H,3,6,8H2,1-2H3. The average Bonchev–Trinajstić information content (AvgIpc) is 2.87. The summed E-state index contributed by atoms with van der Waals surface area (Å²) >= 11 is 0. The van der Waals surface area contributed by atoms with Crippen molar-refractivity contribution in [3.63, 3.8) is 0 Å². The van der Waals surface area contributed by atoms with Crippen molar-refractivity contribution in [2.24, 2.45) is 0 Å². The zero-order valence-corrected chi connectivity index (χ0v) is 9.85. The second-order valence-electron chi connectivity index (χ2n) is 4.01. The first-order chi connectivity index (χ1) is 7.77. The van der Waals surface area contributed by atoms with Gasteiger partial charge in [-0.15, -0.1) is 0 Å². The maximum Gasteiger partial charge on any atom is 0.0945 e. The van der Waals surface area contributed by atoms with Crippen LogP contribution < -0.4 is 5.43 Å². The molecule has 0 saturated heterocycles. The van der Waals surface area contributed by atoms with E-state index in [2.05, 4.69) is 45.6 Å². The number of aryl methyl sites for hydroxylation is 3. The van der Waals surface area contributed by atoms with Crippen molar-refractivity contribution in [2.75, 3.05) is 12.0 Å². The van der Waals surface area contributed by atoms with Crippen LogP contribution in [-0.2, 0) is 6.54 Å². The molecule has 0 aliphatic rings. The monoisotopic (exact) mass is 218 g/mol. The number of aromatic nitrogens is 3. The van der Waals surface area contributed by atoms with Gasteiger partial charge in [-0.1, -0.05) is 0 Å². The molecule has 0 aromatic carbocycles. The lowest BCUT2D eigenvalue weighted by molar-refractivity contribution is 0.634. The van der Waals surface area contributed by atoms with Gasteiger partial charge in [-0.05, 0) is 32.4 Å². The van der Waals surface area contributed by atoms with E-state index in [1.54, 1.807) is 0 Å². The van der Waals surface area contributed by atoms with E-state index in [1.165, 1.54) is 11.4 Å². The Morgan fingerprint density at radius 1 is 1.25 bits per heavy atom. The lowest BCUT2D eigenvalue weighted by atomic mass is 10.4. The summed E-state index contributed by atoms with van der Waals surface area (Å²) in [7, 11) is 0. The van der Waals surface area contributed by atoms with Gasteiger partial charge >= 0.3 is 0 Å². The van der Waals surface area contributed by atoms with Gasteiger partial charge in [-0.25, -0.2) is 4.98 Å². The molecule has 4 nitrogen and oxygen atoms in total. The topological polar surface area (TPSA) is 34.8 Å². The van der Waals surface area contributed by atoms with E-state index < -0.39 is 0 Å². The number of hydrogen-bond acceptors (Lipinski definition) is 2.